The first kappa shape index (κ1) is 30.7. The number of unbranched alkanes of at least 4 members (excludes halogenated alkanes) is 4. The molecule has 0 aromatic heterocycles. The summed E-state index contributed by atoms with van der Waals surface area (Å²) in [6.07, 6.45) is 5.52. The molecule has 7 heteroatoms. The van der Waals surface area contributed by atoms with E-state index in [1.807, 2.05) is 78.9 Å². The molecule has 0 aliphatic heterocycles. The van der Waals surface area contributed by atoms with E-state index in [4.69, 9.17) is 21.1 Å². The van der Waals surface area contributed by atoms with Crippen LogP contribution >= 0.6 is 11.6 Å². The number of hydrogen-bond donors (Lipinski definition) is 2. The summed E-state index contributed by atoms with van der Waals surface area (Å²) in [4.78, 5) is 25.3. The summed E-state index contributed by atoms with van der Waals surface area (Å²) in [5.74, 6) is 0.163. The van der Waals surface area contributed by atoms with Gasteiger partial charge in [0.25, 0.3) is 5.91 Å². The molecular weight excluding hydrogens is 550 g/mol. The van der Waals surface area contributed by atoms with Gasteiger partial charge in [0.05, 0.1) is 12.2 Å². The number of carboxylic acid groups (broad SMARTS) is 1. The first-order chi connectivity index (χ1) is 20.4. The Bertz CT molecular complexity index is 1460. The highest BCUT2D eigenvalue weighted by Crippen LogP contribution is 2.33. The van der Waals surface area contributed by atoms with Crippen LogP contribution in [0.15, 0.2) is 97.1 Å². The molecular formula is C35H36ClNO5. The first-order valence-electron chi connectivity index (χ1n) is 14.3. The van der Waals surface area contributed by atoms with E-state index in [-0.39, 0.29) is 12.0 Å². The highest BCUT2D eigenvalue weighted by molar-refractivity contribution is 6.31. The maximum absolute atomic E-state index is 13.2. The van der Waals surface area contributed by atoms with E-state index in [0.29, 0.717) is 23.1 Å². The van der Waals surface area contributed by atoms with Crippen molar-refractivity contribution >= 4 is 23.5 Å². The maximum Gasteiger partial charge on any atom is 0.326 e. The number of aliphatic carboxylic acids is 1. The third kappa shape index (κ3) is 8.85. The molecule has 0 saturated heterocycles. The number of rotatable bonds is 15. The van der Waals surface area contributed by atoms with Crippen molar-refractivity contribution in [2.45, 2.75) is 51.5 Å². The molecule has 1 atom stereocenters. The lowest BCUT2D eigenvalue weighted by Crippen LogP contribution is -2.42. The SMILES string of the molecule is CCCCCCCOc1ccc(Cl)cc1C(=O)NC(Cc1ccc(-c2ccccc2Oc2ccccc2)cc1)C(=O)O. The summed E-state index contributed by atoms with van der Waals surface area (Å²) >= 11 is 6.17. The molecule has 1 unspecified atom stereocenters. The number of nitrogens with one attached hydrogen (secondary N) is 1. The molecule has 0 aliphatic rings. The Labute approximate surface area is 252 Å². The molecule has 0 spiro atoms. The minimum absolute atomic E-state index is 0.109. The van der Waals surface area contributed by atoms with Gasteiger partial charge in [-0.2, -0.15) is 0 Å². The summed E-state index contributed by atoms with van der Waals surface area (Å²) in [5, 5.41) is 12.9. The Morgan fingerprint density at radius 1 is 0.833 bits per heavy atom. The molecule has 1 amide bonds. The molecule has 0 fully saturated rings. The highest BCUT2D eigenvalue weighted by atomic mass is 35.5. The Morgan fingerprint density at radius 2 is 1.55 bits per heavy atom. The third-order valence-electron chi connectivity index (χ3n) is 6.86. The second-order valence-electron chi connectivity index (χ2n) is 10.1. The number of benzene rings is 4. The molecule has 42 heavy (non-hydrogen) atoms. The normalized spacial score (nSPS) is 11.5. The largest absolute Gasteiger partial charge is 0.493 e. The summed E-state index contributed by atoms with van der Waals surface area (Å²) in [7, 11) is 0. The van der Waals surface area contributed by atoms with Crippen LogP contribution in [0.5, 0.6) is 17.2 Å². The molecule has 2 N–H and O–H groups in total. The van der Waals surface area contributed by atoms with Crippen LogP contribution in [0, 0.1) is 0 Å². The van der Waals surface area contributed by atoms with Gasteiger partial charge in [0, 0.05) is 17.0 Å². The standard InChI is InChI=1S/C35H36ClNO5/c1-2-3-4-5-11-22-41-32-21-20-27(36)24-30(32)34(38)37-31(35(39)40)23-25-16-18-26(19-17-25)29-14-9-10-15-33(29)42-28-12-7-6-8-13-28/h6-10,12-21,24,31H,2-5,11,22-23H2,1H3,(H,37,38)(H,39,40). The van der Waals surface area contributed by atoms with E-state index >= 15 is 0 Å². The average Bonchev–Trinajstić information content (AvgIpc) is 3.00. The maximum atomic E-state index is 13.2. The zero-order valence-corrected chi connectivity index (χ0v) is 24.5. The second kappa shape index (κ2) is 15.6. The van der Waals surface area contributed by atoms with Crippen LogP contribution in [0.2, 0.25) is 5.02 Å². The second-order valence-corrected chi connectivity index (χ2v) is 10.5. The quantitative estimate of drug-likeness (QED) is 0.136. The fraction of sp³-hybridized carbons (Fsp3) is 0.257. The van der Waals surface area contributed by atoms with Crippen LogP contribution < -0.4 is 14.8 Å². The molecule has 6 nitrogen and oxygen atoms in total. The van der Waals surface area contributed by atoms with Crippen LogP contribution in [-0.4, -0.2) is 29.6 Å². The number of carboxylic acids is 1. The molecule has 0 saturated carbocycles. The van der Waals surface area contributed by atoms with Crippen molar-refractivity contribution in [3.05, 3.63) is 113 Å². The number of hydrogen-bond acceptors (Lipinski definition) is 4. The first-order valence-corrected chi connectivity index (χ1v) is 14.7. The van der Waals surface area contributed by atoms with Crippen molar-refractivity contribution < 1.29 is 24.2 Å². The van der Waals surface area contributed by atoms with Crippen molar-refractivity contribution in [3.63, 3.8) is 0 Å². The molecule has 4 aromatic rings. The Balaban J connectivity index is 1.43. The molecule has 0 heterocycles. The molecule has 4 rings (SSSR count). The lowest BCUT2D eigenvalue weighted by atomic mass is 9.99. The van der Waals surface area contributed by atoms with E-state index in [2.05, 4.69) is 12.2 Å². The molecule has 0 bridgehead atoms. The van der Waals surface area contributed by atoms with Crippen molar-refractivity contribution in [2.24, 2.45) is 0 Å². The van der Waals surface area contributed by atoms with Crippen LogP contribution in [-0.2, 0) is 11.2 Å². The summed E-state index contributed by atoms with van der Waals surface area (Å²) in [6, 6.07) is 28.5. The monoisotopic (exact) mass is 585 g/mol. The number of ether oxygens (including phenoxy) is 2. The minimum Gasteiger partial charge on any atom is -0.493 e. The number of amides is 1. The Kier molecular flexibility index (Phi) is 11.4. The van der Waals surface area contributed by atoms with E-state index < -0.39 is 17.9 Å². The van der Waals surface area contributed by atoms with E-state index in [1.54, 1.807) is 12.1 Å². The smallest absolute Gasteiger partial charge is 0.326 e. The van der Waals surface area contributed by atoms with Gasteiger partial charge in [0.15, 0.2) is 0 Å². The number of carbonyl (C=O) groups is 2. The zero-order valence-electron chi connectivity index (χ0n) is 23.7. The fourth-order valence-corrected chi connectivity index (χ4v) is 4.77. The van der Waals surface area contributed by atoms with Gasteiger partial charge in [-0.05, 0) is 53.9 Å². The van der Waals surface area contributed by atoms with Crippen molar-refractivity contribution in [1.29, 1.82) is 0 Å². The van der Waals surface area contributed by atoms with Crippen LogP contribution in [0.1, 0.15) is 54.9 Å². The third-order valence-corrected chi connectivity index (χ3v) is 7.09. The van der Waals surface area contributed by atoms with E-state index in [0.717, 1.165) is 48.1 Å². The Morgan fingerprint density at radius 3 is 2.29 bits per heavy atom. The number of carbonyl (C=O) groups excluding carboxylic acids is 1. The summed E-state index contributed by atoms with van der Waals surface area (Å²) in [6.45, 7) is 2.64. The van der Waals surface area contributed by atoms with Crippen LogP contribution in [0.3, 0.4) is 0 Å². The number of halogens is 1. The van der Waals surface area contributed by atoms with Gasteiger partial charge in [-0.15, -0.1) is 0 Å². The molecule has 4 aromatic carbocycles. The van der Waals surface area contributed by atoms with Crippen molar-refractivity contribution in [2.75, 3.05) is 6.61 Å². The summed E-state index contributed by atoms with van der Waals surface area (Å²) < 4.78 is 12.0. The van der Waals surface area contributed by atoms with Crippen LogP contribution in [0.4, 0.5) is 0 Å². The predicted octanol–water partition coefficient (Wildman–Crippen LogP) is 8.57. The average molecular weight is 586 g/mol. The van der Waals surface area contributed by atoms with Crippen molar-refractivity contribution in [3.8, 4) is 28.4 Å². The Hall–Kier alpha value is -4.29. The van der Waals surface area contributed by atoms with Gasteiger partial charge >= 0.3 is 5.97 Å². The fourth-order valence-electron chi connectivity index (χ4n) is 4.60. The van der Waals surface area contributed by atoms with Gasteiger partial charge in [-0.25, -0.2) is 4.79 Å². The molecule has 218 valence electrons. The zero-order chi connectivity index (χ0) is 29.7. The van der Waals surface area contributed by atoms with Gasteiger partial charge in [-0.3, -0.25) is 4.79 Å². The topological polar surface area (TPSA) is 84.9 Å². The summed E-state index contributed by atoms with van der Waals surface area (Å²) in [5.41, 5.74) is 2.82. The lowest BCUT2D eigenvalue weighted by Gasteiger charge is -2.17. The predicted molar refractivity (Wildman–Crippen MR) is 167 cm³/mol. The van der Waals surface area contributed by atoms with Gasteiger partial charge in [0.1, 0.15) is 23.3 Å². The highest BCUT2D eigenvalue weighted by Gasteiger charge is 2.23. The molecule has 0 aliphatic carbocycles. The lowest BCUT2D eigenvalue weighted by molar-refractivity contribution is -0.139. The minimum atomic E-state index is -1.14. The van der Waals surface area contributed by atoms with Gasteiger partial charge < -0.3 is 19.9 Å². The molecule has 0 radical (unpaired) electrons. The van der Waals surface area contributed by atoms with Gasteiger partial charge in [0.2, 0.25) is 0 Å². The van der Waals surface area contributed by atoms with Crippen LogP contribution in [0.25, 0.3) is 11.1 Å². The number of para-hydroxylation sites is 2. The van der Waals surface area contributed by atoms with Gasteiger partial charge in [-0.1, -0.05) is 105 Å². The van der Waals surface area contributed by atoms with E-state index in [1.165, 1.54) is 12.5 Å². The van der Waals surface area contributed by atoms with Crippen molar-refractivity contribution in [1.82, 2.24) is 5.32 Å². The van der Waals surface area contributed by atoms with E-state index in [9.17, 15) is 14.7 Å².